The summed E-state index contributed by atoms with van der Waals surface area (Å²) in [7, 11) is 0. The van der Waals surface area contributed by atoms with Crippen molar-refractivity contribution in [1.82, 2.24) is 0 Å². The van der Waals surface area contributed by atoms with Gasteiger partial charge in [0.1, 0.15) is 5.78 Å². The molecule has 2 rings (SSSR count). The largest absolute Gasteiger partial charge is 0.392 e. The fourth-order valence-corrected chi connectivity index (χ4v) is 4.70. The highest BCUT2D eigenvalue weighted by molar-refractivity contribution is 5.83. The molecule has 2 aliphatic rings. The summed E-state index contributed by atoms with van der Waals surface area (Å²) in [5, 5.41) is 18.5. The summed E-state index contributed by atoms with van der Waals surface area (Å²) in [5.41, 5.74) is 2.40. The van der Waals surface area contributed by atoms with E-state index in [0.29, 0.717) is 24.0 Å². The number of hydrogen-bond donors (Lipinski definition) is 2. The van der Waals surface area contributed by atoms with Gasteiger partial charge in [0.05, 0.1) is 13.2 Å². The topological polar surface area (TPSA) is 57.5 Å². The second-order valence-corrected chi connectivity index (χ2v) is 7.83. The molecular formula is C20H32O3. The molecule has 0 aliphatic heterocycles. The Hall–Kier alpha value is -0.930. The van der Waals surface area contributed by atoms with Gasteiger partial charge < -0.3 is 10.2 Å². The van der Waals surface area contributed by atoms with Crippen LogP contribution < -0.4 is 0 Å². The van der Waals surface area contributed by atoms with Gasteiger partial charge in [-0.25, -0.2) is 0 Å². The molecule has 0 bridgehead atoms. The first kappa shape index (κ1) is 18.4. The number of Topliss-reactive ketones (excluding diaryl/α,β-unsaturated/α-hetero) is 1. The van der Waals surface area contributed by atoms with E-state index in [-0.39, 0.29) is 24.5 Å². The second kappa shape index (κ2) is 7.76. The Labute approximate surface area is 140 Å². The summed E-state index contributed by atoms with van der Waals surface area (Å²) >= 11 is 0. The molecule has 23 heavy (non-hydrogen) atoms. The van der Waals surface area contributed by atoms with Gasteiger partial charge in [0.25, 0.3) is 0 Å². The predicted molar refractivity (Wildman–Crippen MR) is 93.0 cm³/mol. The van der Waals surface area contributed by atoms with Crippen LogP contribution in [0.25, 0.3) is 0 Å². The minimum Gasteiger partial charge on any atom is -0.392 e. The fourth-order valence-electron chi connectivity index (χ4n) is 4.70. The Morgan fingerprint density at radius 3 is 2.78 bits per heavy atom. The molecule has 0 aromatic carbocycles. The van der Waals surface area contributed by atoms with Crippen molar-refractivity contribution in [3.63, 3.8) is 0 Å². The number of carbonyl (C=O) groups is 1. The molecule has 1 saturated carbocycles. The van der Waals surface area contributed by atoms with Gasteiger partial charge in [-0.05, 0) is 61.9 Å². The highest BCUT2D eigenvalue weighted by Crippen LogP contribution is 2.53. The molecule has 0 amide bonds. The number of rotatable bonds is 5. The number of ketones is 1. The summed E-state index contributed by atoms with van der Waals surface area (Å²) in [6, 6.07) is 0. The number of aliphatic hydroxyl groups excluding tert-OH is 2. The van der Waals surface area contributed by atoms with Crippen LogP contribution in [0.5, 0.6) is 0 Å². The standard InChI is InChI=1S/C20H32O3/c1-14-5-4-6-18-17(11-14)19(23)12-15(2)20(18,3)9-7-16(13-22)8-10-21/h5,8,15,17-18,21-22H,4,6-7,9-13H2,1-3H3/b16-8-/t15-,17-,18+,20+/m1/s1. The number of allylic oxidation sites excluding steroid dienone is 2. The van der Waals surface area contributed by atoms with Gasteiger partial charge in [-0.1, -0.05) is 31.6 Å². The van der Waals surface area contributed by atoms with E-state index in [1.54, 1.807) is 6.08 Å². The van der Waals surface area contributed by atoms with Crippen LogP contribution in [0.1, 0.15) is 59.3 Å². The summed E-state index contributed by atoms with van der Waals surface area (Å²) in [4.78, 5) is 12.6. The van der Waals surface area contributed by atoms with Gasteiger partial charge in [-0.15, -0.1) is 0 Å². The molecule has 0 aromatic rings. The van der Waals surface area contributed by atoms with Crippen LogP contribution in [0, 0.1) is 23.2 Å². The van der Waals surface area contributed by atoms with Crippen molar-refractivity contribution in [2.45, 2.75) is 59.3 Å². The Balaban J connectivity index is 2.20. The van der Waals surface area contributed by atoms with E-state index in [0.717, 1.165) is 37.7 Å². The minimum absolute atomic E-state index is 0.0126. The van der Waals surface area contributed by atoms with Crippen LogP contribution in [0.3, 0.4) is 0 Å². The maximum absolute atomic E-state index is 12.6. The van der Waals surface area contributed by atoms with E-state index >= 15 is 0 Å². The lowest BCUT2D eigenvalue weighted by Gasteiger charge is -2.50. The van der Waals surface area contributed by atoms with Gasteiger partial charge >= 0.3 is 0 Å². The smallest absolute Gasteiger partial charge is 0.136 e. The molecule has 2 aliphatic carbocycles. The molecule has 4 atom stereocenters. The van der Waals surface area contributed by atoms with Crippen LogP contribution in [0.15, 0.2) is 23.3 Å². The van der Waals surface area contributed by atoms with Crippen LogP contribution in [0.2, 0.25) is 0 Å². The van der Waals surface area contributed by atoms with Gasteiger partial charge in [-0.2, -0.15) is 0 Å². The zero-order valence-corrected chi connectivity index (χ0v) is 14.8. The van der Waals surface area contributed by atoms with Crippen molar-refractivity contribution in [3.8, 4) is 0 Å². The second-order valence-electron chi connectivity index (χ2n) is 7.83. The first-order chi connectivity index (χ1) is 10.9. The number of fused-ring (bicyclic) bond motifs is 1. The fraction of sp³-hybridized carbons (Fsp3) is 0.750. The molecule has 1 fully saturated rings. The first-order valence-corrected chi connectivity index (χ1v) is 9.00. The SMILES string of the molecule is CC1=CCC[C@H]2[C@@H](C1)C(=O)C[C@@H](C)[C@]2(C)CC/C(=C/CO)CO. The lowest BCUT2D eigenvalue weighted by Crippen LogP contribution is -2.46. The van der Waals surface area contributed by atoms with E-state index in [1.807, 2.05) is 0 Å². The van der Waals surface area contributed by atoms with Crippen LogP contribution in [-0.2, 0) is 4.79 Å². The molecule has 0 saturated heterocycles. The van der Waals surface area contributed by atoms with E-state index < -0.39 is 0 Å². The lowest BCUT2D eigenvalue weighted by molar-refractivity contribution is -0.136. The molecule has 0 spiro atoms. The van der Waals surface area contributed by atoms with Crippen LogP contribution >= 0.6 is 0 Å². The van der Waals surface area contributed by atoms with Gasteiger partial charge in [0, 0.05) is 12.3 Å². The molecule has 0 unspecified atom stereocenters. The van der Waals surface area contributed by atoms with Gasteiger partial charge in [0.2, 0.25) is 0 Å². The number of hydrogen-bond acceptors (Lipinski definition) is 3. The van der Waals surface area contributed by atoms with Crippen molar-refractivity contribution in [1.29, 1.82) is 0 Å². The van der Waals surface area contributed by atoms with Gasteiger partial charge in [0.15, 0.2) is 0 Å². The monoisotopic (exact) mass is 320 g/mol. The summed E-state index contributed by atoms with van der Waals surface area (Å²) in [6.45, 7) is 6.71. The third-order valence-electron chi connectivity index (χ3n) is 6.46. The number of carbonyl (C=O) groups excluding carboxylic acids is 1. The molecule has 3 nitrogen and oxygen atoms in total. The Morgan fingerprint density at radius 2 is 2.13 bits per heavy atom. The van der Waals surface area contributed by atoms with E-state index in [2.05, 4.69) is 26.8 Å². The molecule has 0 aromatic heterocycles. The van der Waals surface area contributed by atoms with E-state index in [1.165, 1.54) is 5.57 Å². The van der Waals surface area contributed by atoms with Crippen LogP contribution in [0.4, 0.5) is 0 Å². The minimum atomic E-state index is -0.0180. The van der Waals surface area contributed by atoms with Crippen molar-refractivity contribution in [2.24, 2.45) is 23.2 Å². The lowest BCUT2D eigenvalue weighted by atomic mass is 9.54. The Morgan fingerprint density at radius 1 is 1.39 bits per heavy atom. The van der Waals surface area contributed by atoms with E-state index in [4.69, 9.17) is 5.11 Å². The maximum Gasteiger partial charge on any atom is 0.136 e. The normalized spacial score (nSPS) is 35.5. The molecule has 3 heteroatoms. The van der Waals surface area contributed by atoms with Crippen molar-refractivity contribution < 1.29 is 15.0 Å². The zero-order valence-electron chi connectivity index (χ0n) is 14.8. The highest BCUT2D eigenvalue weighted by atomic mass is 16.3. The molecule has 2 N–H and O–H groups in total. The Kier molecular flexibility index (Phi) is 6.21. The first-order valence-electron chi connectivity index (χ1n) is 9.00. The highest BCUT2D eigenvalue weighted by Gasteiger charge is 2.49. The predicted octanol–water partition coefficient (Wildman–Crippen LogP) is 3.66. The summed E-state index contributed by atoms with van der Waals surface area (Å²) in [5.74, 6) is 1.43. The van der Waals surface area contributed by atoms with Crippen molar-refractivity contribution >= 4 is 5.78 Å². The zero-order chi connectivity index (χ0) is 17.0. The average molecular weight is 320 g/mol. The van der Waals surface area contributed by atoms with Crippen molar-refractivity contribution in [3.05, 3.63) is 23.3 Å². The quantitative estimate of drug-likeness (QED) is 0.760. The molecular weight excluding hydrogens is 288 g/mol. The summed E-state index contributed by atoms with van der Waals surface area (Å²) < 4.78 is 0. The Bertz CT molecular complexity index is 491. The summed E-state index contributed by atoms with van der Waals surface area (Å²) in [6.07, 6.45) is 9.58. The van der Waals surface area contributed by atoms with Crippen molar-refractivity contribution in [2.75, 3.05) is 13.2 Å². The molecule has 0 heterocycles. The third-order valence-corrected chi connectivity index (χ3v) is 6.46. The van der Waals surface area contributed by atoms with Crippen LogP contribution in [-0.4, -0.2) is 29.2 Å². The molecule has 130 valence electrons. The van der Waals surface area contributed by atoms with Gasteiger partial charge in [-0.3, -0.25) is 4.79 Å². The number of aliphatic hydroxyl groups is 2. The maximum atomic E-state index is 12.6. The van der Waals surface area contributed by atoms with E-state index in [9.17, 15) is 9.90 Å². The average Bonchev–Trinajstić information content (AvgIpc) is 2.72. The third kappa shape index (κ3) is 3.95. The molecule has 0 radical (unpaired) electrons.